The molecule has 0 amide bonds. The number of ether oxygens (including phenoxy) is 1. The minimum Gasteiger partial charge on any atom is -0.496 e. The van der Waals surface area contributed by atoms with E-state index in [-0.39, 0.29) is 11.7 Å². The molecule has 1 aromatic rings. The average Bonchev–Trinajstić information content (AvgIpc) is 2.31. The Morgan fingerprint density at radius 3 is 2.65 bits per heavy atom. The Bertz CT molecular complexity index is 413. The van der Waals surface area contributed by atoms with Gasteiger partial charge in [-0.1, -0.05) is 36.2 Å². The van der Waals surface area contributed by atoms with Gasteiger partial charge in [0.1, 0.15) is 5.75 Å². The zero-order valence-electron chi connectivity index (χ0n) is 10.8. The van der Waals surface area contributed by atoms with E-state index < -0.39 is 0 Å². The number of ketones is 1. The Kier molecular flexibility index (Phi) is 5.19. The van der Waals surface area contributed by atoms with Crippen molar-refractivity contribution in [2.24, 2.45) is 5.92 Å². The smallest absolute Gasteiger partial charge is 0.169 e. The number of hydrogen-bond acceptors (Lipinski definition) is 2. The molecule has 0 N–H and O–H groups in total. The van der Waals surface area contributed by atoms with E-state index in [0.29, 0.717) is 11.3 Å². The highest BCUT2D eigenvalue weighted by molar-refractivity contribution is 9.10. The van der Waals surface area contributed by atoms with Crippen molar-refractivity contribution in [3.05, 3.63) is 27.7 Å². The Labute approximate surface area is 111 Å². The van der Waals surface area contributed by atoms with Gasteiger partial charge in [-0.15, -0.1) is 0 Å². The molecule has 0 radical (unpaired) electrons. The van der Waals surface area contributed by atoms with Crippen LogP contribution in [-0.4, -0.2) is 12.9 Å². The fourth-order valence-corrected chi connectivity index (χ4v) is 2.19. The van der Waals surface area contributed by atoms with Crippen molar-refractivity contribution in [3.63, 3.8) is 0 Å². The molecular weight excluding hydrogens is 280 g/mol. The van der Waals surface area contributed by atoms with Crippen LogP contribution in [0.2, 0.25) is 0 Å². The van der Waals surface area contributed by atoms with E-state index in [1.165, 1.54) is 0 Å². The predicted molar refractivity (Wildman–Crippen MR) is 73.8 cm³/mol. The summed E-state index contributed by atoms with van der Waals surface area (Å²) in [6.07, 6.45) is 1.93. The second-order valence-electron chi connectivity index (χ2n) is 4.36. The number of methoxy groups -OCH3 is 1. The Morgan fingerprint density at radius 1 is 1.47 bits per heavy atom. The van der Waals surface area contributed by atoms with E-state index >= 15 is 0 Å². The highest BCUT2D eigenvalue weighted by Gasteiger charge is 2.19. The third-order valence-corrected chi connectivity index (χ3v) is 3.77. The lowest BCUT2D eigenvalue weighted by atomic mass is 9.94. The summed E-state index contributed by atoms with van der Waals surface area (Å²) in [5, 5.41) is 0. The highest BCUT2D eigenvalue weighted by atomic mass is 79.9. The standard InChI is InChI=1S/C14H19BrO2/c1-5-6-9(2)14(16)11-8-12(15)10(3)7-13(11)17-4/h7-9H,5-6H2,1-4H3. The van der Waals surface area contributed by atoms with Gasteiger partial charge in [0.15, 0.2) is 5.78 Å². The van der Waals surface area contributed by atoms with E-state index in [0.717, 1.165) is 22.9 Å². The van der Waals surface area contributed by atoms with Gasteiger partial charge >= 0.3 is 0 Å². The molecule has 0 heterocycles. The number of carbonyl (C=O) groups excluding carboxylic acids is 1. The lowest BCUT2D eigenvalue weighted by molar-refractivity contribution is 0.0920. The Morgan fingerprint density at radius 2 is 2.12 bits per heavy atom. The molecule has 1 aromatic carbocycles. The summed E-state index contributed by atoms with van der Waals surface area (Å²) in [7, 11) is 1.60. The fraction of sp³-hybridized carbons (Fsp3) is 0.500. The monoisotopic (exact) mass is 298 g/mol. The number of rotatable bonds is 5. The molecule has 3 heteroatoms. The quantitative estimate of drug-likeness (QED) is 0.754. The molecule has 0 aliphatic heterocycles. The molecule has 2 nitrogen and oxygen atoms in total. The van der Waals surface area contributed by atoms with E-state index in [9.17, 15) is 4.79 Å². The predicted octanol–water partition coefficient (Wildman–Crippen LogP) is 4.39. The molecule has 17 heavy (non-hydrogen) atoms. The SMILES string of the molecule is CCCC(C)C(=O)c1cc(Br)c(C)cc1OC. The van der Waals surface area contributed by atoms with Gasteiger partial charge in [-0.3, -0.25) is 4.79 Å². The van der Waals surface area contributed by atoms with Crippen LogP contribution in [0.4, 0.5) is 0 Å². The van der Waals surface area contributed by atoms with Crippen molar-refractivity contribution in [1.82, 2.24) is 0 Å². The first-order valence-electron chi connectivity index (χ1n) is 5.89. The molecule has 1 rings (SSSR count). The molecule has 0 aliphatic carbocycles. The van der Waals surface area contributed by atoms with Crippen molar-refractivity contribution >= 4 is 21.7 Å². The maximum Gasteiger partial charge on any atom is 0.169 e. The summed E-state index contributed by atoms with van der Waals surface area (Å²) in [6.45, 7) is 6.04. The number of carbonyl (C=O) groups is 1. The van der Waals surface area contributed by atoms with Crippen LogP contribution >= 0.6 is 15.9 Å². The van der Waals surface area contributed by atoms with Gasteiger partial charge in [-0.25, -0.2) is 0 Å². The van der Waals surface area contributed by atoms with Crippen LogP contribution < -0.4 is 4.74 Å². The highest BCUT2D eigenvalue weighted by Crippen LogP contribution is 2.29. The van der Waals surface area contributed by atoms with Crippen molar-refractivity contribution < 1.29 is 9.53 Å². The third kappa shape index (κ3) is 3.32. The van der Waals surface area contributed by atoms with Crippen LogP contribution in [-0.2, 0) is 0 Å². The van der Waals surface area contributed by atoms with Gasteiger partial charge in [0.25, 0.3) is 0 Å². The first-order chi connectivity index (χ1) is 8.01. The summed E-state index contributed by atoms with van der Waals surface area (Å²) in [5.41, 5.74) is 1.74. The Balaban J connectivity index is 3.12. The van der Waals surface area contributed by atoms with Crippen LogP contribution in [0.3, 0.4) is 0 Å². The maximum atomic E-state index is 12.3. The Hall–Kier alpha value is -0.830. The van der Waals surface area contributed by atoms with Crippen LogP contribution in [0.1, 0.15) is 42.6 Å². The molecule has 1 atom stereocenters. The van der Waals surface area contributed by atoms with Gasteiger partial charge in [0.2, 0.25) is 0 Å². The molecule has 0 spiro atoms. The first-order valence-corrected chi connectivity index (χ1v) is 6.68. The van der Waals surface area contributed by atoms with Gasteiger partial charge < -0.3 is 4.74 Å². The number of aryl methyl sites for hydroxylation is 1. The van der Waals surface area contributed by atoms with Gasteiger partial charge in [-0.2, -0.15) is 0 Å². The van der Waals surface area contributed by atoms with Crippen LogP contribution in [0.15, 0.2) is 16.6 Å². The van der Waals surface area contributed by atoms with E-state index in [1.54, 1.807) is 7.11 Å². The lowest BCUT2D eigenvalue weighted by Gasteiger charge is -2.14. The van der Waals surface area contributed by atoms with E-state index in [4.69, 9.17) is 4.74 Å². The molecule has 1 unspecified atom stereocenters. The average molecular weight is 299 g/mol. The van der Waals surface area contributed by atoms with E-state index in [2.05, 4.69) is 22.9 Å². The van der Waals surface area contributed by atoms with Crippen LogP contribution in [0.25, 0.3) is 0 Å². The van der Waals surface area contributed by atoms with Crippen molar-refractivity contribution in [3.8, 4) is 5.75 Å². The minimum absolute atomic E-state index is 0.0449. The molecule has 0 aromatic heterocycles. The van der Waals surface area contributed by atoms with Crippen LogP contribution in [0, 0.1) is 12.8 Å². The zero-order chi connectivity index (χ0) is 13.0. The first kappa shape index (κ1) is 14.2. The third-order valence-electron chi connectivity index (χ3n) is 2.92. The van der Waals surface area contributed by atoms with Crippen molar-refractivity contribution in [1.29, 1.82) is 0 Å². The summed E-state index contributed by atoms with van der Waals surface area (Å²) < 4.78 is 6.24. The molecular formula is C14H19BrO2. The van der Waals surface area contributed by atoms with Gasteiger partial charge in [0.05, 0.1) is 12.7 Å². The maximum absolute atomic E-state index is 12.3. The largest absolute Gasteiger partial charge is 0.496 e. The molecule has 0 saturated heterocycles. The second kappa shape index (κ2) is 6.20. The fourth-order valence-electron chi connectivity index (χ4n) is 1.85. The summed E-state index contributed by atoms with van der Waals surface area (Å²) >= 11 is 3.46. The number of hydrogen-bond donors (Lipinski definition) is 0. The molecule has 0 saturated carbocycles. The molecule has 0 fully saturated rings. The number of benzene rings is 1. The molecule has 0 bridgehead atoms. The summed E-state index contributed by atoms with van der Waals surface area (Å²) in [6, 6.07) is 3.76. The summed E-state index contributed by atoms with van der Waals surface area (Å²) in [5.74, 6) is 0.867. The number of halogens is 1. The molecule has 0 aliphatic rings. The van der Waals surface area contributed by atoms with Gasteiger partial charge in [-0.05, 0) is 31.0 Å². The van der Waals surface area contributed by atoms with E-state index in [1.807, 2.05) is 26.0 Å². The normalized spacial score (nSPS) is 12.3. The van der Waals surface area contributed by atoms with Crippen LogP contribution in [0.5, 0.6) is 5.75 Å². The molecule has 94 valence electrons. The summed E-state index contributed by atoms with van der Waals surface area (Å²) in [4.78, 5) is 12.3. The van der Waals surface area contributed by atoms with Crippen molar-refractivity contribution in [2.45, 2.75) is 33.6 Å². The second-order valence-corrected chi connectivity index (χ2v) is 5.21. The lowest BCUT2D eigenvalue weighted by Crippen LogP contribution is -2.12. The zero-order valence-corrected chi connectivity index (χ0v) is 12.4. The van der Waals surface area contributed by atoms with Crippen molar-refractivity contribution in [2.75, 3.05) is 7.11 Å². The minimum atomic E-state index is 0.0449. The number of Topliss-reactive ketones (excluding diaryl/α,β-unsaturated/α-hetero) is 1. The topological polar surface area (TPSA) is 26.3 Å². The van der Waals surface area contributed by atoms with Gasteiger partial charge in [0, 0.05) is 10.4 Å².